The Morgan fingerprint density at radius 2 is 1.46 bits per heavy atom. The first kappa shape index (κ1) is 37.8. The van der Waals surface area contributed by atoms with E-state index in [9.17, 15) is 24.3 Å². The lowest BCUT2D eigenvalue weighted by Crippen LogP contribution is -2.55. The van der Waals surface area contributed by atoms with Crippen LogP contribution < -0.4 is 10.6 Å². The number of amides is 3. The van der Waals surface area contributed by atoms with Crippen molar-refractivity contribution in [3.8, 4) is 12.3 Å². The van der Waals surface area contributed by atoms with Crippen LogP contribution in [0.15, 0.2) is 54.6 Å². The third-order valence-corrected chi connectivity index (χ3v) is 6.56. The molecular weight excluding hydrogens is 586 g/mol. The second-order valence-electron chi connectivity index (χ2n) is 13.5. The summed E-state index contributed by atoms with van der Waals surface area (Å²) in [6.45, 7) is 13.4. The molecule has 10 nitrogen and oxygen atoms in total. The van der Waals surface area contributed by atoms with Gasteiger partial charge in [0.1, 0.15) is 29.3 Å². The SMILES string of the molecule is C#Cc1ccc(C(C(=O)NC(Cc2ccccc2)C(=O)OC(C)(C)C)N(CCO)C(=O)C(CC(C)C)NC(=O)OC(C)(C)C)cc1. The summed E-state index contributed by atoms with van der Waals surface area (Å²) in [6.07, 6.45) is 5.14. The summed E-state index contributed by atoms with van der Waals surface area (Å²) in [4.78, 5) is 55.9. The van der Waals surface area contributed by atoms with Gasteiger partial charge in [0.2, 0.25) is 11.8 Å². The minimum atomic E-state index is -1.30. The van der Waals surface area contributed by atoms with E-state index in [2.05, 4.69) is 16.6 Å². The summed E-state index contributed by atoms with van der Waals surface area (Å²) < 4.78 is 11.1. The maximum Gasteiger partial charge on any atom is 0.408 e. The maximum atomic E-state index is 14.3. The number of carbonyl (C=O) groups is 4. The Kier molecular flexibility index (Phi) is 13.8. The molecule has 46 heavy (non-hydrogen) atoms. The maximum absolute atomic E-state index is 14.3. The second kappa shape index (κ2) is 16.8. The first-order valence-electron chi connectivity index (χ1n) is 15.5. The van der Waals surface area contributed by atoms with Crippen molar-refractivity contribution in [3.05, 3.63) is 71.3 Å². The van der Waals surface area contributed by atoms with Crippen LogP contribution in [0.4, 0.5) is 4.79 Å². The number of aliphatic hydroxyl groups excluding tert-OH is 1. The Balaban J connectivity index is 2.60. The molecule has 0 spiro atoms. The highest BCUT2D eigenvalue weighted by Gasteiger charge is 2.38. The van der Waals surface area contributed by atoms with Crippen molar-refractivity contribution in [1.82, 2.24) is 15.5 Å². The van der Waals surface area contributed by atoms with Crippen molar-refractivity contribution in [2.75, 3.05) is 13.2 Å². The number of rotatable bonds is 13. The predicted octanol–water partition coefficient (Wildman–Crippen LogP) is 4.54. The molecule has 0 bridgehead atoms. The number of terminal acetylenes is 1. The molecule has 3 amide bonds. The largest absolute Gasteiger partial charge is 0.458 e. The summed E-state index contributed by atoms with van der Waals surface area (Å²) in [5, 5.41) is 15.6. The van der Waals surface area contributed by atoms with E-state index in [0.29, 0.717) is 11.1 Å². The van der Waals surface area contributed by atoms with Crippen LogP contribution >= 0.6 is 0 Å². The van der Waals surface area contributed by atoms with E-state index < -0.39 is 59.8 Å². The van der Waals surface area contributed by atoms with Crippen LogP contribution in [0.3, 0.4) is 0 Å². The van der Waals surface area contributed by atoms with Gasteiger partial charge >= 0.3 is 12.1 Å². The third kappa shape index (κ3) is 12.6. The van der Waals surface area contributed by atoms with Gasteiger partial charge in [0.15, 0.2) is 0 Å². The van der Waals surface area contributed by atoms with E-state index >= 15 is 0 Å². The van der Waals surface area contributed by atoms with Gasteiger partial charge in [0.05, 0.1) is 6.61 Å². The van der Waals surface area contributed by atoms with E-state index in [0.717, 1.165) is 5.56 Å². The molecule has 0 aliphatic rings. The van der Waals surface area contributed by atoms with Gasteiger partial charge in [0, 0.05) is 18.5 Å². The van der Waals surface area contributed by atoms with E-state index in [1.165, 1.54) is 4.90 Å². The molecule has 10 heteroatoms. The van der Waals surface area contributed by atoms with Crippen molar-refractivity contribution in [1.29, 1.82) is 0 Å². The molecule has 250 valence electrons. The Bertz CT molecular complexity index is 1350. The fourth-order valence-corrected chi connectivity index (χ4v) is 4.72. The van der Waals surface area contributed by atoms with Crippen LogP contribution in [0.1, 0.15) is 84.5 Å². The highest BCUT2D eigenvalue weighted by molar-refractivity contribution is 5.94. The molecule has 0 fully saturated rings. The van der Waals surface area contributed by atoms with E-state index in [4.69, 9.17) is 15.9 Å². The predicted molar refractivity (Wildman–Crippen MR) is 176 cm³/mol. The van der Waals surface area contributed by atoms with Crippen molar-refractivity contribution in [2.45, 2.75) is 97.6 Å². The first-order valence-corrected chi connectivity index (χ1v) is 15.5. The number of nitrogens with zero attached hydrogens (tertiary/aromatic N) is 1. The molecule has 2 aromatic rings. The lowest BCUT2D eigenvalue weighted by Gasteiger charge is -2.35. The van der Waals surface area contributed by atoms with E-state index in [1.807, 2.05) is 44.2 Å². The normalized spacial score (nSPS) is 13.5. The van der Waals surface area contributed by atoms with Gasteiger partial charge in [-0.15, -0.1) is 6.42 Å². The fraction of sp³-hybridized carbons (Fsp3) is 0.500. The number of alkyl carbamates (subject to hydrolysis) is 1. The number of nitrogens with one attached hydrogen (secondary N) is 2. The smallest absolute Gasteiger partial charge is 0.408 e. The zero-order valence-electron chi connectivity index (χ0n) is 28.3. The number of ether oxygens (including phenoxy) is 2. The highest BCUT2D eigenvalue weighted by Crippen LogP contribution is 2.25. The number of esters is 1. The number of carbonyl (C=O) groups excluding carboxylic acids is 4. The summed E-state index contributed by atoms with van der Waals surface area (Å²) in [5.41, 5.74) is 0.105. The molecule has 0 heterocycles. The molecule has 0 aliphatic carbocycles. The topological polar surface area (TPSA) is 134 Å². The van der Waals surface area contributed by atoms with Crippen LogP contribution in [0.2, 0.25) is 0 Å². The highest BCUT2D eigenvalue weighted by atomic mass is 16.6. The summed E-state index contributed by atoms with van der Waals surface area (Å²) >= 11 is 0. The first-order chi connectivity index (χ1) is 21.4. The molecule has 2 rings (SSSR count). The van der Waals surface area contributed by atoms with E-state index in [1.54, 1.807) is 65.8 Å². The summed E-state index contributed by atoms with van der Waals surface area (Å²) in [6, 6.07) is 12.2. The second-order valence-corrected chi connectivity index (χ2v) is 13.5. The van der Waals surface area contributed by atoms with Gasteiger partial charge in [0.25, 0.3) is 0 Å². The number of hydrogen-bond acceptors (Lipinski definition) is 7. The molecule has 0 aliphatic heterocycles. The van der Waals surface area contributed by atoms with Crippen molar-refractivity contribution < 1.29 is 33.8 Å². The van der Waals surface area contributed by atoms with Crippen LogP contribution in [0.5, 0.6) is 0 Å². The average Bonchev–Trinajstić information content (AvgIpc) is 2.94. The fourth-order valence-electron chi connectivity index (χ4n) is 4.72. The Labute approximate surface area is 273 Å². The minimum absolute atomic E-state index is 0.0236. The van der Waals surface area contributed by atoms with E-state index in [-0.39, 0.29) is 25.3 Å². The third-order valence-electron chi connectivity index (χ3n) is 6.56. The molecule has 3 N–H and O–H groups in total. The number of aliphatic hydroxyl groups is 1. The Hall–Kier alpha value is -4.36. The van der Waals surface area contributed by atoms with Crippen LogP contribution in [0.25, 0.3) is 0 Å². The van der Waals surface area contributed by atoms with Crippen molar-refractivity contribution in [3.63, 3.8) is 0 Å². The van der Waals surface area contributed by atoms with Crippen molar-refractivity contribution in [2.24, 2.45) is 5.92 Å². The van der Waals surface area contributed by atoms with Gasteiger partial charge in [-0.25, -0.2) is 9.59 Å². The van der Waals surface area contributed by atoms with Gasteiger partial charge in [-0.2, -0.15) is 0 Å². The number of benzene rings is 2. The Morgan fingerprint density at radius 1 is 0.870 bits per heavy atom. The van der Waals surface area contributed by atoms with Crippen LogP contribution in [-0.2, 0) is 30.3 Å². The molecule has 0 saturated heterocycles. The standard InChI is InChI=1S/C36H49N3O7/c1-10-25-16-18-27(19-17-25)30(31(41)37-29(33(43)45-35(4,5)6)23-26-14-12-11-13-15-26)39(20-21-40)32(42)28(22-24(2)3)38-34(44)46-36(7,8)9/h1,11-19,24,28-30,40H,20-23H2,2-9H3,(H,37,41)(H,38,44). The van der Waals surface area contributed by atoms with Crippen molar-refractivity contribution >= 4 is 23.9 Å². The summed E-state index contributed by atoms with van der Waals surface area (Å²) in [5.74, 6) is 0.582. The molecule has 3 unspecified atom stereocenters. The molecule has 3 atom stereocenters. The average molecular weight is 636 g/mol. The molecule has 0 saturated carbocycles. The van der Waals surface area contributed by atoms with Gasteiger partial charge in [-0.1, -0.05) is 62.2 Å². The molecule has 0 radical (unpaired) electrons. The lowest BCUT2D eigenvalue weighted by molar-refractivity contribution is -0.159. The van der Waals surface area contributed by atoms with Crippen LogP contribution in [-0.4, -0.2) is 70.3 Å². The summed E-state index contributed by atoms with van der Waals surface area (Å²) in [7, 11) is 0. The van der Waals surface area contributed by atoms with Crippen LogP contribution in [0, 0.1) is 18.3 Å². The molecular formula is C36H49N3O7. The quantitative estimate of drug-likeness (QED) is 0.217. The zero-order chi connectivity index (χ0) is 34.7. The monoisotopic (exact) mass is 635 g/mol. The minimum Gasteiger partial charge on any atom is -0.458 e. The Morgan fingerprint density at radius 3 is 1.96 bits per heavy atom. The number of hydrogen-bond donors (Lipinski definition) is 3. The van der Waals surface area contributed by atoms with Gasteiger partial charge < -0.3 is 30.1 Å². The molecule has 2 aromatic carbocycles. The van der Waals surface area contributed by atoms with Gasteiger partial charge in [-0.05, 0) is 77.1 Å². The lowest BCUT2D eigenvalue weighted by atomic mass is 9.98. The van der Waals surface area contributed by atoms with Gasteiger partial charge in [-0.3, -0.25) is 9.59 Å². The zero-order valence-corrected chi connectivity index (χ0v) is 28.3. The molecule has 0 aromatic heterocycles.